The number of aliphatic hydroxyl groups excluding tert-OH is 1. The molecular formula is C10H10O2. The van der Waals surface area contributed by atoms with Crippen molar-refractivity contribution >= 4 is 12.4 Å². The zero-order valence-corrected chi connectivity index (χ0v) is 6.60. The van der Waals surface area contributed by atoms with Gasteiger partial charge in [0.1, 0.15) is 6.29 Å². The van der Waals surface area contributed by atoms with Gasteiger partial charge in [-0.1, -0.05) is 30.3 Å². The highest BCUT2D eigenvalue weighted by Gasteiger charge is 1.94. The highest BCUT2D eigenvalue weighted by atomic mass is 16.3. The van der Waals surface area contributed by atoms with Crippen LogP contribution < -0.4 is 0 Å². The van der Waals surface area contributed by atoms with Crippen LogP contribution in [0.3, 0.4) is 0 Å². The number of allylic oxidation sites excluding steroid dienone is 1. The highest BCUT2D eigenvalue weighted by Crippen LogP contribution is 2.09. The molecule has 0 amide bonds. The van der Waals surface area contributed by atoms with Crippen molar-refractivity contribution in [2.24, 2.45) is 0 Å². The van der Waals surface area contributed by atoms with Gasteiger partial charge in [0.15, 0.2) is 0 Å². The summed E-state index contributed by atoms with van der Waals surface area (Å²) in [5, 5.41) is 8.90. The predicted molar refractivity (Wildman–Crippen MR) is 47.5 cm³/mol. The number of hydrogen-bond donors (Lipinski definition) is 1. The fraction of sp³-hybridized carbons (Fsp3) is 0.100. The third-order valence-corrected chi connectivity index (χ3v) is 1.58. The minimum Gasteiger partial charge on any atom is -0.392 e. The van der Waals surface area contributed by atoms with Crippen molar-refractivity contribution in [3.05, 3.63) is 41.5 Å². The van der Waals surface area contributed by atoms with Crippen LogP contribution in [0.25, 0.3) is 6.08 Å². The first-order chi connectivity index (χ1) is 5.88. The van der Waals surface area contributed by atoms with E-state index in [9.17, 15) is 4.79 Å². The Kier molecular flexibility index (Phi) is 3.23. The fourth-order valence-corrected chi connectivity index (χ4v) is 0.984. The fourth-order valence-electron chi connectivity index (χ4n) is 0.984. The molecule has 1 aromatic rings. The zero-order valence-electron chi connectivity index (χ0n) is 6.60. The van der Waals surface area contributed by atoms with Crippen molar-refractivity contribution in [2.45, 2.75) is 6.61 Å². The number of carbonyl (C=O) groups is 1. The van der Waals surface area contributed by atoms with Crippen LogP contribution in [0.2, 0.25) is 0 Å². The van der Waals surface area contributed by atoms with E-state index in [1.807, 2.05) is 24.3 Å². The van der Waals surface area contributed by atoms with Crippen LogP contribution in [0.1, 0.15) is 11.1 Å². The van der Waals surface area contributed by atoms with E-state index in [2.05, 4.69) is 0 Å². The van der Waals surface area contributed by atoms with E-state index in [0.29, 0.717) is 6.29 Å². The minimum absolute atomic E-state index is 0.000625. The summed E-state index contributed by atoms with van der Waals surface area (Å²) in [6, 6.07) is 7.39. The average Bonchev–Trinajstić information content (AvgIpc) is 2.15. The molecule has 0 aliphatic heterocycles. The van der Waals surface area contributed by atoms with Crippen LogP contribution >= 0.6 is 0 Å². The van der Waals surface area contributed by atoms with Crippen LogP contribution in [0.4, 0.5) is 0 Å². The lowest BCUT2D eigenvalue weighted by molar-refractivity contribution is -0.104. The van der Waals surface area contributed by atoms with E-state index in [0.717, 1.165) is 11.1 Å². The molecule has 0 saturated carbocycles. The van der Waals surface area contributed by atoms with Gasteiger partial charge in [0.05, 0.1) is 6.61 Å². The molecule has 0 radical (unpaired) electrons. The molecule has 0 bridgehead atoms. The van der Waals surface area contributed by atoms with E-state index in [1.54, 1.807) is 6.08 Å². The molecule has 2 nitrogen and oxygen atoms in total. The van der Waals surface area contributed by atoms with E-state index < -0.39 is 0 Å². The molecule has 0 heterocycles. The number of benzene rings is 1. The molecule has 1 N–H and O–H groups in total. The first-order valence-corrected chi connectivity index (χ1v) is 3.69. The molecule has 0 aromatic heterocycles. The molecule has 1 rings (SSSR count). The molecule has 0 aliphatic rings. The summed E-state index contributed by atoms with van der Waals surface area (Å²) in [5.74, 6) is 0. The van der Waals surface area contributed by atoms with Gasteiger partial charge in [0, 0.05) is 0 Å². The van der Waals surface area contributed by atoms with E-state index in [1.165, 1.54) is 6.08 Å². The Morgan fingerprint density at radius 1 is 1.33 bits per heavy atom. The largest absolute Gasteiger partial charge is 0.392 e. The van der Waals surface area contributed by atoms with Gasteiger partial charge in [-0.15, -0.1) is 0 Å². The van der Waals surface area contributed by atoms with Gasteiger partial charge < -0.3 is 5.11 Å². The van der Waals surface area contributed by atoms with Crippen molar-refractivity contribution in [3.63, 3.8) is 0 Å². The monoisotopic (exact) mass is 162 g/mol. The second-order valence-corrected chi connectivity index (χ2v) is 2.35. The van der Waals surface area contributed by atoms with Crippen molar-refractivity contribution < 1.29 is 9.90 Å². The standard InChI is InChI=1S/C10H10O2/c11-7-3-6-9-4-1-2-5-10(9)8-12/h1-7,12H,8H2. The van der Waals surface area contributed by atoms with E-state index >= 15 is 0 Å². The van der Waals surface area contributed by atoms with Crippen LogP contribution in [0, 0.1) is 0 Å². The molecule has 12 heavy (non-hydrogen) atoms. The lowest BCUT2D eigenvalue weighted by Gasteiger charge is -1.99. The van der Waals surface area contributed by atoms with Crippen molar-refractivity contribution in [1.82, 2.24) is 0 Å². The summed E-state index contributed by atoms with van der Waals surface area (Å²) >= 11 is 0. The van der Waals surface area contributed by atoms with E-state index in [4.69, 9.17) is 5.11 Å². The molecule has 0 aliphatic carbocycles. The Labute approximate surface area is 71.2 Å². The van der Waals surface area contributed by atoms with Gasteiger partial charge in [-0.2, -0.15) is 0 Å². The normalized spacial score (nSPS) is 10.4. The Bertz CT molecular complexity index is 290. The molecule has 62 valence electrons. The Balaban J connectivity index is 2.96. The molecule has 0 atom stereocenters. The lowest BCUT2D eigenvalue weighted by atomic mass is 10.1. The third kappa shape index (κ3) is 2.04. The third-order valence-electron chi connectivity index (χ3n) is 1.58. The lowest BCUT2D eigenvalue weighted by Crippen LogP contribution is -1.86. The summed E-state index contributed by atoms with van der Waals surface area (Å²) in [4.78, 5) is 10.0. The summed E-state index contributed by atoms with van der Waals surface area (Å²) in [5.41, 5.74) is 1.71. The summed E-state index contributed by atoms with van der Waals surface area (Å²) in [6.07, 6.45) is 3.81. The second kappa shape index (κ2) is 4.46. The van der Waals surface area contributed by atoms with Gasteiger partial charge >= 0.3 is 0 Å². The molecular weight excluding hydrogens is 152 g/mol. The van der Waals surface area contributed by atoms with Crippen molar-refractivity contribution in [2.75, 3.05) is 0 Å². The van der Waals surface area contributed by atoms with Crippen LogP contribution in [0.15, 0.2) is 30.3 Å². The maximum atomic E-state index is 10.0. The first-order valence-electron chi connectivity index (χ1n) is 3.69. The van der Waals surface area contributed by atoms with Gasteiger partial charge in [0.2, 0.25) is 0 Å². The molecule has 0 fully saturated rings. The maximum Gasteiger partial charge on any atom is 0.142 e. The minimum atomic E-state index is -0.000625. The predicted octanol–water partition coefficient (Wildman–Crippen LogP) is 1.39. The maximum absolute atomic E-state index is 10.0. The second-order valence-electron chi connectivity index (χ2n) is 2.35. The Morgan fingerprint density at radius 2 is 2.08 bits per heavy atom. The number of hydrogen-bond acceptors (Lipinski definition) is 2. The van der Waals surface area contributed by atoms with Gasteiger partial charge in [-0.3, -0.25) is 4.79 Å². The van der Waals surface area contributed by atoms with Gasteiger partial charge in [-0.05, 0) is 17.2 Å². The van der Waals surface area contributed by atoms with Crippen molar-refractivity contribution in [3.8, 4) is 0 Å². The Hall–Kier alpha value is -1.41. The molecule has 0 spiro atoms. The van der Waals surface area contributed by atoms with Crippen molar-refractivity contribution in [1.29, 1.82) is 0 Å². The summed E-state index contributed by atoms with van der Waals surface area (Å²) in [7, 11) is 0. The van der Waals surface area contributed by atoms with Crippen LogP contribution in [-0.2, 0) is 11.4 Å². The SMILES string of the molecule is O=CC=Cc1ccccc1CO. The summed E-state index contributed by atoms with van der Waals surface area (Å²) in [6.45, 7) is -0.000625. The molecule has 1 aromatic carbocycles. The number of carbonyl (C=O) groups excluding carboxylic acids is 1. The first kappa shape index (κ1) is 8.68. The molecule has 0 saturated heterocycles. The average molecular weight is 162 g/mol. The highest BCUT2D eigenvalue weighted by molar-refractivity contribution is 5.74. The quantitative estimate of drug-likeness (QED) is 0.538. The number of rotatable bonds is 3. The molecule has 0 unspecified atom stereocenters. The number of aliphatic hydroxyl groups is 1. The molecule has 2 heteroatoms. The Morgan fingerprint density at radius 3 is 2.75 bits per heavy atom. The van der Waals surface area contributed by atoms with Gasteiger partial charge in [0.25, 0.3) is 0 Å². The summed E-state index contributed by atoms with van der Waals surface area (Å²) < 4.78 is 0. The van der Waals surface area contributed by atoms with Gasteiger partial charge in [-0.25, -0.2) is 0 Å². The topological polar surface area (TPSA) is 37.3 Å². The zero-order chi connectivity index (χ0) is 8.81. The van der Waals surface area contributed by atoms with Crippen LogP contribution in [0.5, 0.6) is 0 Å². The van der Waals surface area contributed by atoms with E-state index in [-0.39, 0.29) is 6.61 Å². The van der Waals surface area contributed by atoms with Crippen LogP contribution in [-0.4, -0.2) is 11.4 Å². The smallest absolute Gasteiger partial charge is 0.142 e. The number of aldehydes is 1.